The van der Waals surface area contributed by atoms with E-state index in [0.717, 1.165) is 43.0 Å². The highest BCUT2D eigenvalue weighted by atomic mass is 32.1. The molecule has 0 unspecified atom stereocenters. The van der Waals surface area contributed by atoms with Crippen LogP contribution in [0, 0.1) is 6.92 Å². The number of nitrogens with zero attached hydrogens (tertiary/aromatic N) is 4. The van der Waals surface area contributed by atoms with Gasteiger partial charge in [0.2, 0.25) is 5.95 Å². The number of aromatic nitrogens is 3. The van der Waals surface area contributed by atoms with Crippen LogP contribution in [-0.4, -0.2) is 39.8 Å². The van der Waals surface area contributed by atoms with Gasteiger partial charge in [-0.25, -0.2) is 9.97 Å². The van der Waals surface area contributed by atoms with Crippen molar-refractivity contribution >= 4 is 23.1 Å². The van der Waals surface area contributed by atoms with Crippen LogP contribution in [0.15, 0.2) is 11.6 Å². The molecule has 118 valence electrons. The van der Waals surface area contributed by atoms with E-state index in [1.165, 1.54) is 4.88 Å². The monoisotopic (exact) mass is 319 g/mol. The normalized spacial score (nSPS) is 20.7. The van der Waals surface area contributed by atoms with Crippen molar-refractivity contribution in [3.63, 3.8) is 0 Å². The van der Waals surface area contributed by atoms with Crippen molar-refractivity contribution in [3.05, 3.63) is 27.8 Å². The van der Waals surface area contributed by atoms with E-state index in [9.17, 15) is 5.11 Å². The molecule has 3 rings (SSSR count). The first-order chi connectivity index (χ1) is 10.5. The zero-order valence-corrected chi connectivity index (χ0v) is 13.7. The summed E-state index contributed by atoms with van der Waals surface area (Å²) in [6.07, 6.45) is 2.27. The molecular formula is C15H21N5OS. The smallest absolute Gasteiger partial charge is 0.222 e. The molecule has 0 amide bonds. The average molecular weight is 319 g/mol. The molecule has 1 saturated carbocycles. The number of hydrogen-bond acceptors (Lipinski definition) is 7. The lowest BCUT2D eigenvalue weighted by Gasteiger charge is -2.31. The summed E-state index contributed by atoms with van der Waals surface area (Å²) in [6, 6.07) is 1.99. The van der Waals surface area contributed by atoms with Gasteiger partial charge < -0.3 is 15.7 Å². The number of nitrogens with two attached hydrogens (primary N) is 1. The Morgan fingerprint density at radius 2 is 2.18 bits per heavy atom. The maximum atomic E-state index is 9.45. The van der Waals surface area contributed by atoms with Crippen molar-refractivity contribution in [2.75, 3.05) is 24.2 Å². The first-order valence-corrected chi connectivity index (χ1v) is 8.33. The van der Waals surface area contributed by atoms with Crippen molar-refractivity contribution in [1.82, 2.24) is 15.0 Å². The van der Waals surface area contributed by atoms with Gasteiger partial charge in [0.25, 0.3) is 0 Å². The van der Waals surface area contributed by atoms with Crippen molar-refractivity contribution < 1.29 is 5.11 Å². The Morgan fingerprint density at radius 1 is 1.41 bits per heavy atom. The Kier molecular flexibility index (Phi) is 4.26. The van der Waals surface area contributed by atoms with Crippen LogP contribution in [0.5, 0.6) is 0 Å². The molecule has 1 aliphatic carbocycles. The minimum absolute atomic E-state index is 0.198. The fraction of sp³-hybridized carbons (Fsp3) is 0.533. The molecule has 3 N–H and O–H groups in total. The molecule has 22 heavy (non-hydrogen) atoms. The van der Waals surface area contributed by atoms with Gasteiger partial charge in [0.1, 0.15) is 5.82 Å². The molecular weight excluding hydrogens is 298 g/mol. The number of aliphatic hydroxyl groups excluding tert-OH is 1. The Labute approximate surface area is 134 Å². The Morgan fingerprint density at radius 3 is 2.82 bits per heavy atom. The lowest BCUT2D eigenvalue weighted by atomic mass is 9.80. The zero-order valence-electron chi connectivity index (χ0n) is 12.9. The standard InChI is InChI=1S/C15H21N5OS/c1-9-13(22-8-17-9)3-4-20(2)14-7-12(18-15(16)19-14)10-5-11(21)6-10/h7-8,10-11,21H,3-6H2,1-2H3,(H2,16,18,19). The number of aryl methyl sites for hydroxylation is 1. The second-order valence-electron chi connectivity index (χ2n) is 5.86. The molecule has 2 heterocycles. The fourth-order valence-corrected chi connectivity index (χ4v) is 3.43. The highest BCUT2D eigenvalue weighted by Gasteiger charge is 2.30. The summed E-state index contributed by atoms with van der Waals surface area (Å²) < 4.78 is 0. The van der Waals surface area contributed by atoms with Crippen molar-refractivity contribution in [3.8, 4) is 0 Å². The number of thiazole rings is 1. The molecule has 2 aromatic rings. The summed E-state index contributed by atoms with van der Waals surface area (Å²) >= 11 is 1.69. The molecule has 0 radical (unpaired) electrons. The molecule has 1 fully saturated rings. The van der Waals surface area contributed by atoms with Crippen LogP contribution in [0.2, 0.25) is 0 Å². The Hall–Kier alpha value is -1.73. The van der Waals surface area contributed by atoms with Crippen LogP contribution in [0.25, 0.3) is 0 Å². The molecule has 7 heteroatoms. The minimum Gasteiger partial charge on any atom is -0.393 e. The van der Waals surface area contributed by atoms with E-state index < -0.39 is 0 Å². The molecule has 0 bridgehead atoms. The summed E-state index contributed by atoms with van der Waals surface area (Å²) in [7, 11) is 2.01. The fourth-order valence-electron chi connectivity index (χ4n) is 2.66. The van der Waals surface area contributed by atoms with Crippen LogP contribution in [0.4, 0.5) is 11.8 Å². The van der Waals surface area contributed by atoms with E-state index >= 15 is 0 Å². The summed E-state index contributed by atoms with van der Waals surface area (Å²) in [4.78, 5) is 16.3. The summed E-state index contributed by atoms with van der Waals surface area (Å²) in [5, 5.41) is 9.45. The van der Waals surface area contributed by atoms with Crippen molar-refractivity contribution in [2.24, 2.45) is 0 Å². The van der Waals surface area contributed by atoms with Gasteiger partial charge >= 0.3 is 0 Å². The molecule has 1 aliphatic rings. The van der Waals surface area contributed by atoms with Crippen LogP contribution in [0.3, 0.4) is 0 Å². The first-order valence-electron chi connectivity index (χ1n) is 7.45. The average Bonchev–Trinajstić information content (AvgIpc) is 2.86. The third kappa shape index (κ3) is 3.20. The highest BCUT2D eigenvalue weighted by Crippen LogP contribution is 2.36. The quantitative estimate of drug-likeness (QED) is 0.873. The molecule has 0 aromatic carbocycles. The van der Waals surface area contributed by atoms with Gasteiger partial charge in [-0.05, 0) is 19.8 Å². The SMILES string of the molecule is Cc1ncsc1CCN(C)c1cc(C2CC(O)C2)nc(N)n1. The molecule has 2 aromatic heterocycles. The van der Waals surface area contributed by atoms with Gasteiger partial charge in [-0.3, -0.25) is 0 Å². The number of aliphatic hydroxyl groups is 1. The predicted octanol–water partition coefficient (Wildman–Crippen LogP) is 1.74. The molecule has 0 saturated heterocycles. The molecule has 0 aliphatic heterocycles. The third-order valence-electron chi connectivity index (χ3n) is 4.19. The number of rotatable bonds is 5. The maximum absolute atomic E-state index is 9.45. The van der Waals surface area contributed by atoms with Crippen LogP contribution in [0.1, 0.15) is 35.0 Å². The number of anilines is 2. The second kappa shape index (κ2) is 6.18. The number of hydrogen-bond donors (Lipinski definition) is 2. The van der Waals surface area contributed by atoms with E-state index in [2.05, 4.69) is 19.9 Å². The lowest BCUT2D eigenvalue weighted by molar-refractivity contribution is 0.0732. The van der Waals surface area contributed by atoms with Crippen LogP contribution < -0.4 is 10.6 Å². The van der Waals surface area contributed by atoms with Gasteiger partial charge in [0.15, 0.2) is 0 Å². The van der Waals surface area contributed by atoms with E-state index in [1.54, 1.807) is 11.3 Å². The van der Waals surface area contributed by atoms with Crippen molar-refractivity contribution in [2.45, 2.75) is 38.2 Å². The predicted molar refractivity (Wildman–Crippen MR) is 88.3 cm³/mol. The topological polar surface area (TPSA) is 88.2 Å². The Bertz CT molecular complexity index is 653. The van der Waals surface area contributed by atoms with E-state index in [1.807, 2.05) is 25.5 Å². The maximum Gasteiger partial charge on any atom is 0.222 e. The van der Waals surface area contributed by atoms with Crippen molar-refractivity contribution in [1.29, 1.82) is 0 Å². The molecule has 0 atom stereocenters. The number of nitrogen functional groups attached to an aromatic ring is 1. The lowest BCUT2D eigenvalue weighted by Crippen LogP contribution is -2.28. The van der Waals surface area contributed by atoms with Crippen LogP contribution >= 0.6 is 11.3 Å². The van der Waals surface area contributed by atoms with E-state index in [4.69, 9.17) is 5.73 Å². The molecule has 6 nitrogen and oxygen atoms in total. The first kappa shape index (κ1) is 15.2. The largest absolute Gasteiger partial charge is 0.393 e. The zero-order chi connectivity index (χ0) is 15.7. The van der Waals surface area contributed by atoms with Crippen LogP contribution in [-0.2, 0) is 6.42 Å². The summed E-state index contributed by atoms with van der Waals surface area (Å²) in [5.41, 5.74) is 9.77. The highest BCUT2D eigenvalue weighted by molar-refractivity contribution is 7.09. The summed E-state index contributed by atoms with van der Waals surface area (Å²) in [5.74, 6) is 1.44. The summed E-state index contributed by atoms with van der Waals surface area (Å²) in [6.45, 7) is 2.89. The minimum atomic E-state index is -0.198. The van der Waals surface area contributed by atoms with Gasteiger partial charge in [-0.1, -0.05) is 0 Å². The number of likely N-dealkylation sites (N-methyl/N-ethyl adjacent to an activating group) is 1. The van der Waals surface area contributed by atoms with Gasteiger partial charge in [-0.2, -0.15) is 4.98 Å². The third-order valence-corrected chi connectivity index (χ3v) is 5.19. The van der Waals surface area contributed by atoms with Gasteiger partial charge in [0, 0.05) is 36.9 Å². The molecule has 0 spiro atoms. The van der Waals surface area contributed by atoms with Gasteiger partial charge in [-0.15, -0.1) is 11.3 Å². The van der Waals surface area contributed by atoms with Gasteiger partial charge in [0.05, 0.1) is 23.0 Å². The second-order valence-corrected chi connectivity index (χ2v) is 6.80. The Balaban J connectivity index is 1.69. The van der Waals surface area contributed by atoms with E-state index in [0.29, 0.717) is 11.9 Å². The van der Waals surface area contributed by atoms with E-state index in [-0.39, 0.29) is 6.10 Å².